The van der Waals surface area contributed by atoms with Gasteiger partial charge in [0.25, 0.3) is 0 Å². The minimum atomic E-state index is -3.75. The van der Waals surface area contributed by atoms with Gasteiger partial charge in [-0.3, -0.25) is 9.59 Å². The lowest BCUT2D eigenvalue weighted by molar-refractivity contribution is -0.286. The lowest BCUT2D eigenvalue weighted by Crippen LogP contribution is -2.40. The van der Waals surface area contributed by atoms with Crippen molar-refractivity contribution in [3.8, 4) is 17.2 Å². The Morgan fingerprint density at radius 2 is 1.81 bits per heavy atom. The van der Waals surface area contributed by atoms with E-state index >= 15 is 0 Å². The number of alkyl halides is 2. The van der Waals surface area contributed by atoms with Crippen molar-refractivity contribution in [2.75, 3.05) is 11.9 Å². The van der Waals surface area contributed by atoms with E-state index in [0.717, 1.165) is 17.4 Å². The van der Waals surface area contributed by atoms with Gasteiger partial charge in [0.2, 0.25) is 0 Å². The van der Waals surface area contributed by atoms with Gasteiger partial charge in [0.05, 0.1) is 6.54 Å². The summed E-state index contributed by atoms with van der Waals surface area (Å²) in [5.41, 5.74) is 1.16. The number of anilines is 1. The number of rotatable bonds is 3. The minimum Gasteiger partial charge on any atom is -0.488 e. The van der Waals surface area contributed by atoms with Gasteiger partial charge in [0.1, 0.15) is 11.9 Å². The fourth-order valence-electron chi connectivity index (χ4n) is 2.87. The van der Waals surface area contributed by atoms with Gasteiger partial charge in [-0.05, 0) is 23.8 Å². The lowest BCUT2D eigenvalue weighted by Gasteiger charge is -2.12. The van der Waals surface area contributed by atoms with Crippen LogP contribution < -0.4 is 24.8 Å². The largest absolute Gasteiger partial charge is 0.586 e. The molecule has 2 heterocycles. The number of carbonyl (C=O) groups is 2. The van der Waals surface area contributed by atoms with Crippen LogP contribution in [0.4, 0.5) is 14.5 Å². The van der Waals surface area contributed by atoms with Crippen LogP contribution in [0.2, 0.25) is 0 Å². The summed E-state index contributed by atoms with van der Waals surface area (Å²) >= 11 is 0. The van der Waals surface area contributed by atoms with Gasteiger partial charge < -0.3 is 24.8 Å². The van der Waals surface area contributed by atoms with Crippen LogP contribution in [-0.4, -0.2) is 30.8 Å². The molecule has 0 fully saturated rings. The Kier molecular flexibility index (Phi) is 4.06. The zero-order chi connectivity index (χ0) is 19.0. The summed E-state index contributed by atoms with van der Waals surface area (Å²) < 4.78 is 40.2. The van der Waals surface area contributed by atoms with E-state index in [1.165, 1.54) is 12.1 Å². The van der Waals surface area contributed by atoms with Crippen molar-refractivity contribution in [2.45, 2.75) is 18.8 Å². The number of para-hydroxylation sites is 1. The Morgan fingerprint density at radius 3 is 2.63 bits per heavy atom. The van der Waals surface area contributed by atoms with E-state index in [2.05, 4.69) is 20.1 Å². The zero-order valence-electron chi connectivity index (χ0n) is 13.8. The first-order valence-electron chi connectivity index (χ1n) is 8.13. The Labute approximate surface area is 152 Å². The Morgan fingerprint density at radius 1 is 1.04 bits per heavy atom. The first-order valence-corrected chi connectivity index (χ1v) is 8.13. The van der Waals surface area contributed by atoms with Crippen LogP contribution in [0.15, 0.2) is 42.5 Å². The molecular formula is C18H14F2N2O5. The van der Waals surface area contributed by atoms with E-state index in [9.17, 15) is 18.4 Å². The molecule has 0 aromatic heterocycles. The predicted molar refractivity (Wildman–Crippen MR) is 88.8 cm³/mol. The Hall–Kier alpha value is -3.36. The molecule has 9 heteroatoms. The number of hydrogen-bond donors (Lipinski definition) is 2. The zero-order valence-corrected chi connectivity index (χ0v) is 13.8. The molecule has 0 bridgehead atoms. The van der Waals surface area contributed by atoms with E-state index in [0.29, 0.717) is 6.42 Å². The maximum absolute atomic E-state index is 13.0. The summed E-state index contributed by atoms with van der Waals surface area (Å²) in [6, 6.07) is 11.2. The molecule has 7 nitrogen and oxygen atoms in total. The third-order valence-corrected chi connectivity index (χ3v) is 4.07. The van der Waals surface area contributed by atoms with Crippen LogP contribution in [0, 0.1) is 0 Å². The fraction of sp³-hybridized carbons (Fsp3) is 0.222. The standard InChI is InChI=1S/C18H14F2N2O5/c19-18(20)26-14-6-5-11(8-15(14)27-18)22-17(24)16(23)21-9-12-7-10-3-1-2-4-13(10)25-12/h1-6,8,12H,7,9H2,(H,21,23)(H,22,24)/t12-/m1/s1. The van der Waals surface area contributed by atoms with Gasteiger partial charge in [-0.1, -0.05) is 18.2 Å². The molecule has 1 atom stereocenters. The van der Waals surface area contributed by atoms with Crippen LogP contribution in [-0.2, 0) is 16.0 Å². The van der Waals surface area contributed by atoms with Gasteiger partial charge in [-0.15, -0.1) is 8.78 Å². The molecule has 0 unspecified atom stereocenters. The number of nitrogens with one attached hydrogen (secondary N) is 2. The van der Waals surface area contributed by atoms with E-state index in [4.69, 9.17) is 4.74 Å². The lowest BCUT2D eigenvalue weighted by atomic mass is 10.1. The molecule has 4 rings (SSSR count). The minimum absolute atomic E-state index is 0.125. The summed E-state index contributed by atoms with van der Waals surface area (Å²) in [6.07, 6.45) is -3.37. The van der Waals surface area contributed by atoms with Crippen molar-refractivity contribution in [3.05, 3.63) is 48.0 Å². The number of hydrogen-bond acceptors (Lipinski definition) is 5. The highest BCUT2D eigenvalue weighted by Crippen LogP contribution is 2.42. The van der Waals surface area contributed by atoms with Crippen molar-refractivity contribution in [2.24, 2.45) is 0 Å². The van der Waals surface area contributed by atoms with Gasteiger partial charge in [-0.25, -0.2) is 0 Å². The van der Waals surface area contributed by atoms with Crippen LogP contribution >= 0.6 is 0 Å². The first-order chi connectivity index (χ1) is 12.9. The average Bonchev–Trinajstić information content (AvgIpc) is 3.17. The third-order valence-electron chi connectivity index (χ3n) is 4.07. The number of carbonyl (C=O) groups excluding carboxylic acids is 2. The Bertz CT molecular complexity index is 893. The van der Waals surface area contributed by atoms with Crippen LogP contribution in [0.5, 0.6) is 17.2 Å². The molecule has 0 radical (unpaired) electrons. The molecule has 27 heavy (non-hydrogen) atoms. The second-order valence-electron chi connectivity index (χ2n) is 6.04. The predicted octanol–water partition coefficient (Wildman–Crippen LogP) is 2.07. The summed E-state index contributed by atoms with van der Waals surface area (Å²) in [4.78, 5) is 23.9. The molecule has 2 aliphatic heterocycles. The van der Waals surface area contributed by atoms with Crippen molar-refractivity contribution in [1.29, 1.82) is 0 Å². The highest BCUT2D eigenvalue weighted by atomic mass is 19.3. The molecule has 0 saturated heterocycles. The highest BCUT2D eigenvalue weighted by Gasteiger charge is 2.43. The maximum Gasteiger partial charge on any atom is 0.586 e. The number of ether oxygens (including phenoxy) is 3. The molecule has 2 aromatic rings. The van der Waals surface area contributed by atoms with Gasteiger partial charge in [0, 0.05) is 18.2 Å². The third kappa shape index (κ3) is 3.62. The van der Waals surface area contributed by atoms with E-state index in [1.807, 2.05) is 24.3 Å². The van der Waals surface area contributed by atoms with E-state index in [-0.39, 0.29) is 29.8 Å². The number of fused-ring (bicyclic) bond motifs is 2. The normalized spacial score (nSPS) is 18.4. The second-order valence-corrected chi connectivity index (χ2v) is 6.04. The monoisotopic (exact) mass is 376 g/mol. The number of amides is 2. The van der Waals surface area contributed by atoms with Crippen LogP contribution in [0.25, 0.3) is 0 Å². The first kappa shape index (κ1) is 17.1. The molecule has 2 N–H and O–H groups in total. The van der Waals surface area contributed by atoms with Crippen molar-refractivity contribution < 1.29 is 32.6 Å². The van der Waals surface area contributed by atoms with E-state index in [1.54, 1.807) is 0 Å². The summed E-state index contributed by atoms with van der Waals surface area (Å²) in [7, 11) is 0. The summed E-state index contributed by atoms with van der Waals surface area (Å²) in [5.74, 6) is -1.41. The molecule has 2 aliphatic rings. The topological polar surface area (TPSA) is 85.9 Å². The summed E-state index contributed by atoms with van der Waals surface area (Å²) in [5, 5.41) is 4.81. The molecule has 0 saturated carbocycles. The molecule has 2 aromatic carbocycles. The summed E-state index contributed by atoms with van der Waals surface area (Å²) in [6.45, 7) is 0.161. The van der Waals surface area contributed by atoms with Gasteiger partial charge in [0.15, 0.2) is 11.5 Å². The van der Waals surface area contributed by atoms with Crippen molar-refractivity contribution in [1.82, 2.24) is 5.32 Å². The SMILES string of the molecule is O=C(NC[C@H]1Cc2ccccc2O1)C(=O)Nc1ccc2c(c1)OC(F)(F)O2. The number of benzene rings is 2. The number of halogens is 2. The van der Waals surface area contributed by atoms with Gasteiger partial charge in [-0.2, -0.15) is 0 Å². The second kappa shape index (κ2) is 6.42. The highest BCUT2D eigenvalue weighted by molar-refractivity contribution is 6.39. The molecule has 0 aliphatic carbocycles. The fourth-order valence-corrected chi connectivity index (χ4v) is 2.87. The molecule has 140 valence electrons. The van der Waals surface area contributed by atoms with Gasteiger partial charge >= 0.3 is 18.1 Å². The van der Waals surface area contributed by atoms with Crippen LogP contribution in [0.3, 0.4) is 0 Å². The smallest absolute Gasteiger partial charge is 0.488 e. The Balaban J connectivity index is 1.30. The molecule has 0 spiro atoms. The molecule has 2 amide bonds. The van der Waals surface area contributed by atoms with Crippen molar-refractivity contribution in [3.63, 3.8) is 0 Å². The average molecular weight is 376 g/mol. The van der Waals surface area contributed by atoms with Crippen molar-refractivity contribution >= 4 is 17.5 Å². The quantitative estimate of drug-likeness (QED) is 0.801. The van der Waals surface area contributed by atoms with E-state index < -0.39 is 18.1 Å². The van der Waals surface area contributed by atoms with Crippen LogP contribution in [0.1, 0.15) is 5.56 Å². The maximum atomic E-state index is 13.0. The molecular weight excluding hydrogens is 362 g/mol.